The van der Waals surface area contributed by atoms with Gasteiger partial charge in [-0.15, -0.1) is 0 Å². The van der Waals surface area contributed by atoms with E-state index in [0.717, 1.165) is 44.3 Å². The van der Waals surface area contributed by atoms with E-state index in [0.29, 0.717) is 6.42 Å². The summed E-state index contributed by atoms with van der Waals surface area (Å²) < 4.78 is 0. The first-order valence-corrected chi connectivity index (χ1v) is 7.87. The summed E-state index contributed by atoms with van der Waals surface area (Å²) in [5, 5.41) is 2.97. The maximum Gasteiger partial charge on any atom is 0.245 e. The first kappa shape index (κ1) is 14.1. The van der Waals surface area contributed by atoms with E-state index >= 15 is 0 Å². The van der Waals surface area contributed by atoms with Gasteiger partial charge in [0, 0.05) is 25.4 Å². The molecule has 1 saturated carbocycles. The number of amides is 2. The van der Waals surface area contributed by atoms with E-state index < -0.39 is 6.04 Å². The Labute approximate surface area is 125 Å². The molecule has 2 amide bonds. The molecular weight excluding hydrogens is 264 g/mol. The Kier molecular flexibility index (Phi) is 4.23. The molecule has 0 spiro atoms. The summed E-state index contributed by atoms with van der Waals surface area (Å²) in [6, 6.07) is 9.49. The second-order valence-electron chi connectivity index (χ2n) is 6.06. The molecule has 0 aromatic heterocycles. The van der Waals surface area contributed by atoms with Gasteiger partial charge in [0.2, 0.25) is 11.8 Å². The Bertz CT molecular complexity index is 505. The number of nitrogens with zero attached hydrogens (tertiary/aromatic N) is 1. The van der Waals surface area contributed by atoms with Crippen LogP contribution >= 0.6 is 0 Å². The highest BCUT2D eigenvalue weighted by Gasteiger charge is 2.34. The molecular formula is C17H22N2O2. The second kappa shape index (κ2) is 6.29. The van der Waals surface area contributed by atoms with Gasteiger partial charge in [0.15, 0.2) is 0 Å². The van der Waals surface area contributed by atoms with E-state index in [4.69, 9.17) is 0 Å². The predicted molar refractivity (Wildman–Crippen MR) is 80.6 cm³/mol. The zero-order valence-corrected chi connectivity index (χ0v) is 12.3. The molecule has 3 rings (SSSR count). The topological polar surface area (TPSA) is 49.4 Å². The summed E-state index contributed by atoms with van der Waals surface area (Å²) in [5.41, 5.74) is 1.09. The quantitative estimate of drug-likeness (QED) is 0.896. The van der Waals surface area contributed by atoms with Gasteiger partial charge in [0.1, 0.15) is 6.04 Å². The lowest BCUT2D eigenvalue weighted by atomic mass is 10.0. The number of benzene rings is 1. The van der Waals surface area contributed by atoms with E-state index in [1.165, 1.54) is 0 Å². The molecule has 0 bridgehead atoms. The van der Waals surface area contributed by atoms with Crippen molar-refractivity contribution in [1.82, 2.24) is 10.2 Å². The fourth-order valence-corrected chi connectivity index (χ4v) is 2.84. The molecule has 1 aromatic rings. The van der Waals surface area contributed by atoms with E-state index in [1.54, 1.807) is 0 Å². The highest BCUT2D eigenvalue weighted by Crippen LogP contribution is 2.29. The molecule has 1 saturated heterocycles. The van der Waals surface area contributed by atoms with Crippen molar-refractivity contribution < 1.29 is 9.59 Å². The average Bonchev–Trinajstić information content (AvgIpc) is 3.22. The molecule has 0 unspecified atom stereocenters. The Balaban J connectivity index is 1.69. The summed E-state index contributed by atoms with van der Waals surface area (Å²) in [4.78, 5) is 26.6. The van der Waals surface area contributed by atoms with Gasteiger partial charge in [-0.05, 0) is 31.2 Å². The van der Waals surface area contributed by atoms with Gasteiger partial charge in [0.25, 0.3) is 0 Å². The van der Waals surface area contributed by atoms with Gasteiger partial charge >= 0.3 is 0 Å². The van der Waals surface area contributed by atoms with Crippen LogP contribution in [0.3, 0.4) is 0 Å². The second-order valence-corrected chi connectivity index (χ2v) is 6.06. The predicted octanol–water partition coefficient (Wildman–Crippen LogP) is 1.75. The minimum absolute atomic E-state index is 0.0449. The zero-order valence-electron chi connectivity index (χ0n) is 12.3. The first-order valence-electron chi connectivity index (χ1n) is 7.87. The van der Waals surface area contributed by atoms with Crippen molar-refractivity contribution in [3.05, 3.63) is 35.9 Å². The average molecular weight is 286 g/mol. The fourth-order valence-electron chi connectivity index (χ4n) is 2.84. The molecule has 4 heteroatoms. The van der Waals surface area contributed by atoms with E-state index in [9.17, 15) is 9.59 Å². The van der Waals surface area contributed by atoms with Crippen LogP contribution in [-0.4, -0.2) is 35.8 Å². The fraction of sp³-hybridized carbons (Fsp3) is 0.529. The third-order valence-corrected chi connectivity index (χ3v) is 4.26. The van der Waals surface area contributed by atoms with Crippen LogP contribution in [0.1, 0.15) is 31.2 Å². The minimum atomic E-state index is -0.418. The summed E-state index contributed by atoms with van der Waals surface area (Å²) in [6.07, 6.45) is 4.64. The van der Waals surface area contributed by atoms with Gasteiger partial charge in [0.05, 0.1) is 0 Å². The Morgan fingerprint density at radius 1 is 1.14 bits per heavy atom. The van der Waals surface area contributed by atoms with E-state index in [1.807, 2.05) is 35.2 Å². The Hall–Kier alpha value is -1.84. The van der Waals surface area contributed by atoms with Crippen molar-refractivity contribution in [2.75, 3.05) is 13.1 Å². The highest BCUT2D eigenvalue weighted by atomic mass is 16.2. The summed E-state index contributed by atoms with van der Waals surface area (Å²) in [7, 11) is 0. The molecule has 1 aliphatic heterocycles. The molecule has 112 valence electrons. The van der Waals surface area contributed by atoms with Gasteiger partial charge in [-0.3, -0.25) is 9.59 Å². The van der Waals surface area contributed by atoms with Gasteiger partial charge in [-0.1, -0.05) is 30.3 Å². The summed E-state index contributed by atoms with van der Waals surface area (Å²) >= 11 is 0. The van der Waals surface area contributed by atoms with E-state index in [-0.39, 0.29) is 17.7 Å². The van der Waals surface area contributed by atoms with Crippen molar-refractivity contribution in [3.8, 4) is 0 Å². The molecule has 0 radical (unpaired) electrons. The van der Waals surface area contributed by atoms with Crippen molar-refractivity contribution >= 4 is 11.8 Å². The zero-order chi connectivity index (χ0) is 14.7. The number of likely N-dealkylation sites (tertiary alicyclic amines) is 1. The molecule has 2 fully saturated rings. The van der Waals surface area contributed by atoms with E-state index in [2.05, 4.69) is 5.32 Å². The summed E-state index contributed by atoms with van der Waals surface area (Å²) in [5.74, 6) is 0.253. The molecule has 1 atom stereocenters. The van der Waals surface area contributed by atoms with Crippen molar-refractivity contribution in [3.63, 3.8) is 0 Å². The van der Waals surface area contributed by atoms with Gasteiger partial charge < -0.3 is 10.2 Å². The van der Waals surface area contributed by atoms with Crippen LogP contribution in [-0.2, 0) is 16.0 Å². The number of carbonyl (C=O) groups is 2. The molecule has 1 aromatic carbocycles. The first-order chi connectivity index (χ1) is 10.2. The largest absolute Gasteiger partial charge is 0.344 e. The Morgan fingerprint density at radius 2 is 1.81 bits per heavy atom. The molecule has 1 N–H and O–H groups in total. The van der Waals surface area contributed by atoms with Crippen molar-refractivity contribution in [2.24, 2.45) is 5.92 Å². The van der Waals surface area contributed by atoms with Crippen LogP contribution in [0.4, 0.5) is 0 Å². The normalized spacial score (nSPS) is 19.3. The van der Waals surface area contributed by atoms with Crippen LogP contribution < -0.4 is 5.32 Å². The monoisotopic (exact) mass is 286 g/mol. The lowest BCUT2D eigenvalue weighted by molar-refractivity contribution is -0.135. The van der Waals surface area contributed by atoms with Crippen molar-refractivity contribution in [2.45, 2.75) is 38.1 Å². The Morgan fingerprint density at radius 3 is 2.43 bits per heavy atom. The van der Waals surface area contributed by atoms with Crippen LogP contribution in [0.25, 0.3) is 0 Å². The van der Waals surface area contributed by atoms with Crippen LogP contribution in [0.2, 0.25) is 0 Å². The smallest absolute Gasteiger partial charge is 0.245 e. The molecule has 4 nitrogen and oxygen atoms in total. The number of hydrogen-bond donors (Lipinski definition) is 1. The SMILES string of the molecule is O=C(N[C@H](Cc1ccccc1)C(=O)N1CCCC1)C1CC1. The number of carbonyl (C=O) groups excluding carboxylic acids is 2. The van der Waals surface area contributed by atoms with Crippen molar-refractivity contribution in [1.29, 1.82) is 0 Å². The minimum Gasteiger partial charge on any atom is -0.344 e. The molecule has 1 aliphatic carbocycles. The standard InChI is InChI=1S/C17H22N2O2/c20-16(14-8-9-14)18-15(12-13-6-2-1-3-7-13)17(21)19-10-4-5-11-19/h1-3,6-7,14-15H,4-5,8-12H2,(H,18,20)/t15-/m1/s1. The van der Waals surface area contributed by atoms with Gasteiger partial charge in [-0.25, -0.2) is 0 Å². The highest BCUT2D eigenvalue weighted by molar-refractivity contribution is 5.89. The third-order valence-electron chi connectivity index (χ3n) is 4.26. The molecule has 1 heterocycles. The maximum atomic E-state index is 12.6. The molecule has 2 aliphatic rings. The van der Waals surface area contributed by atoms with Gasteiger partial charge in [-0.2, -0.15) is 0 Å². The maximum absolute atomic E-state index is 12.6. The van der Waals surface area contributed by atoms with Crippen LogP contribution in [0.15, 0.2) is 30.3 Å². The number of hydrogen-bond acceptors (Lipinski definition) is 2. The molecule has 21 heavy (non-hydrogen) atoms. The van der Waals surface area contributed by atoms with Crippen LogP contribution in [0, 0.1) is 5.92 Å². The lowest BCUT2D eigenvalue weighted by Crippen LogP contribution is -2.49. The lowest BCUT2D eigenvalue weighted by Gasteiger charge is -2.24. The third kappa shape index (κ3) is 3.63. The number of rotatable bonds is 5. The number of nitrogens with one attached hydrogen (secondary N) is 1. The van der Waals surface area contributed by atoms with Crippen LogP contribution in [0.5, 0.6) is 0 Å². The summed E-state index contributed by atoms with van der Waals surface area (Å²) in [6.45, 7) is 1.65.